The minimum absolute atomic E-state index is 0.284. The van der Waals surface area contributed by atoms with E-state index < -0.39 is 0 Å². The van der Waals surface area contributed by atoms with Crippen molar-refractivity contribution in [3.63, 3.8) is 0 Å². The number of aromatic amines is 1. The monoisotopic (exact) mass is 461 g/mol. The molecule has 2 N–H and O–H groups in total. The van der Waals surface area contributed by atoms with Gasteiger partial charge in [-0.15, -0.1) is 0 Å². The first kappa shape index (κ1) is 20.7. The lowest BCUT2D eigenvalue weighted by molar-refractivity contribution is 0.102. The van der Waals surface area contributed by atoms with Gasteiger partial charge in [-0.05, 0) is 54.8 Å². The van der Waals surface area contributed by atoms with Gasteiger partial charge in [-0.2, -0.15) is 0 Å². The van der Waals surface area contributed by atoms with Crippen molar-refractivity contribution in [2.24, 2.45) is 0 Å². The number of H-pyrrole nitrogens is 1. The fourth-order valence-corrected chi connectivity index (χ4v) is 4.44. The summed E-state index contributed by atoms with van der Waals surface area (Å²) in [4.78, 5) is 26.8. The van der Waals surface area contributed by atoms with Crippen molar-refractivity contribution in [1.82, 2.24) is 4.98 Å². The molecule has 154 valence electrons. The number of amides is 1. The molecule has 0 atom stereocenters. The highest BCUT2D eigenvalue weighted by Gasteiger charge is 2.18. The highest BCUT2D eigenvalue weighted by Crippen LogP contribution is 2.32. The number of rotatable bonds is 5. The molecular weight excluding hydrogens is 445 g/mol. The first-order valence-corrected chi connectivity index (χ1v) is 10.9. The van der Waals surface area contributed by atoms with Gasteiger partial charge < -0.3 is 19.3 Å². The van der Waals surface area contributed by atoms with E-state index in [9.17, 15) is 9.59 Å². The zero-order valence-corrected chi connectivity index (χ0v) is 18.0. The topological polar surface area (TPSA) is 74.4 Å². The number of carbonyl (C=O) groups excluding carboxylic acids is 1. The standard InChI is InChI=1S/C21H17Cl2N3O3S/c22-13-8-14(10-17(9-13)29-16-4-5-24-20(27)12-16)25-21(28)18-11-15(2-3-19(18)23)26-6-1-7-30-26/h2-5,8-12H,1,6-7H2,(H,24,27)(H,25,28). The summed E-state index contributed by atoms with van der Waals surface area (Å²) in [6.45, 7) is 0.935. The van der Waals surface area contributed by atoms with E-state index in [1.54, 1.807) is 48.3 Å². The van der Waals surface area contributed by atoms with Crippen LogP contribution in [0.2, 0.25) is 10.0 Å². The average Bonchev–Trinajstić information content (AvgIpc) is 3.22. The minimum Gasteiger partial charge on any atom is -0.457 e. The fourth-order valence-electron chi connectivity index (χ4n) is 3.01. The maximum absolute atomic E-state index is 12.9. The van der Waals surface area contributed by atoms with Crippen molar-refractivity contribution < 1.29 is 9.53 Å². The normalized spacial score (nSPS) is 13.3. The molecular formula is C21H17Cl2N3O3S. The summed E-state index contributed by atoms with van der Waals surface area (Å²) in [5.41, 5.74) is 1.48. The summed E-state index contributed by atoms with van der Waals surface area (Å²) >= 11 is 14.2. The number of halogens is 2. The zero-order chi connectivity index (χ0) is 21.1. The maximum Gasteiger partial charge on any atom is 0.257 e. The molecule has 2 aromatic carbocycles. The number of nitrogens with zero attached hydrogens (tertiary/aromatic N) is 1. The molecule has 4 rings (SSSR count). The second kappa shape index (κ2) is 9.04. The molecule has 1 aliphatic heterocycles. The molecule has 9 heteroatoms. The van der Waals surface area contributed by atoms with Gasteiger partial charge in [0.15, 0.2) is 0 Å². The van der Waals surface area contributed by atoms with E-state index in [1.165, 1.54) is 12.3 Å². The third kappa shape index (κ3) is 4.92. The van der Waals surface area contributed by atoms with E-state index in [4.69, 9.17) is 27.9 Å². The van der Waals surface area contributed by atoms with Crippen LogP contribution in [-0.2, 0) is 0 Å². The Morgan fingerprint density at radius 1 is 1.10 bits per heavy atom. The number of hydrogen-bond donors (Lipinski definition) is 2. The summed E-state index contributed by atoms with van der Waals surface area (Å²) < 4.78 is 7.84. The number of carbonyl (C=O) groups is 1. The van der Waals surface area contributed by atoms with Gasteiger partial charge in [-0.1, -0.05) is 23.2 Å². The minimum atomic E-state index is -0.351. The van der Waals surface area contributed by atoms with Gasteiger partial charge in [0.25, 0.3) is 11.5 Å². The molecule has 1 aliphatic rings. The summed E-state index contributed by atoms with van der Waals surface area (Å²) in [6, 6.07) is 13.2. The molecule has 2 heterocycles. The first-order chi connectivity index (χ1) is 14.5. The van der Waals surface area contributed by atoms with Crippen LogP contribution >= 0.6 is 35.1 Å². The van der Waals surface area contributed by atoms with Crippen molar-refractivity contribution in [3.8, 4) is 11.5 Å². The number of benzene rings is 2. The Labute approximate surface area is 187 Å². The Kier molecular flexibility index (Phi) is 6.22. The summed E-state index contributed by atoms with van der Waals surface area (Å²) in [6.07, 6.45) is 2.59. The highest BCUT2D eigenvalue weighted by molar-refractivity contribution is 8.00. The largest absolute Gasteiger partial charge is 0.457 e. The van der Waals surface area contributed by atoms with Gasteiger partial charge in [-0.3, -0.25) is 9.59 Å². The maximum atomic E-state index is 12.9. The third-order valence-electron chi connectivity index (χ3n) is 4.35. The Hall–Kier alpha value is -2.61. The molecule has 1 saturated heterocycles. The second-order valence-corrected chi connectivity index (χ2v) is 8.52. The van der Waals surface area contributed by atoms with Crippen LogP contribution in [0.4, 0.5) is 11.4 Å². The van der Waals surface area contributed by atoms with E-state index in [-0.39, 0.29) is 11.5 Å². The molecule has 0 aliphatic carbocycles. The molecule has 1 amide bonds. The third-order valence-corrected chi connectivity index (χ3v) is 6.07. The lowest BCUT2D eigenvalue weighted by Crippen LogP contribution is -2.15. The van der Waals surface area contributed by atoms with Gasteiger partial charge in [0.2, 0.25) is 0 Å². The number of hydrogen-bond acceptors (Lipinski definition) is 5. The van der Waals surface area contributed by atoms with Crippen LogP contribution in [0.1, 0.15) is 16.8 Å². The van der Waals surface area contributed by atoms with E-state index in [2.05, 4.69) is 14.6 Å². The van der Waals surface area contributed by atoms with Crippen molar-refractivity contribution >= 4 is 52.4 Å². The van der Waals surface area contributed by atoms with E-state index in [0.29, 0.717) is 32.8 Å². The van der Waals surface area contributed by atoms with E-state index in [0.717, 1.165) is 24.4 Å². The van der Waals surface area contributed by atoms with Crippen molar-refractivity contribution in [2.45, 2.75) is 6.42 Å². The van der Waals surface area contributed by atoms with E-state index in [1.807, 2.05) is 6.07 Å². The summed E-state index contributed by atoms with van der Waals surface area (Å²) in [5, 5.41) is 3.55. The molecule has 1 aromatic heterocycles. The lowest BCUT2D eigenvalue weighted by atomic mass is 10.1. The molecule has 3 aromatic rings. The Morgan fingerprint density at radius 3 is 2.73 bits per heavy atom. The average molecular weight is 462 g/mol. The highest BCUT2D eigenvalue weighted by atomic mass is 35.5. The number of nitrogens with one attached hydrogen (secondary N) is 2. The predicted molar refractivity (Wildman–Crippen MR) is 122 cm³/mol. The van der Waals surface area contributed by atoms with Crippen LogP contribution in [0.5, 0.6) is 11.5 Å². The van der Waals surface area contributed by atoms with Crippen molar-refractivity contribution in [3.05, 3.63) is 80.7 Å². The number of pyridine rings is 1. The van der Waals surface area contributed by atoms with Crippen LogP contribution in [0, 0.1) is 0 Å². The summed E-state index contributed by atoms with van der Waals surface area (Å²) in [7, 11) is 0. The van der Waals surface area contributed by atoms with E-state index >= 15 is 0 Å². The van der Waals surface area contributed by atoms with Crippen LogP contribution in [-0.4, -0.2) is 23.2 Å². The Balaban J connectivity index is 1.55. The second-order valence-electron chi connectivity index (χ2n) is 6.57. The van der Waals surface area contributed by atoms with Gasteiger partial charge in [0.05, 0.1) is 10.6 Å². The molecule has 0 bridgehead atoms. The first-order valence-electron chi connectivity index (χ1n) is 9.16. The Bertz CT molecular complexity index is 1150. The molecule has 0 radical (unpaired) electrons. The fraction of sp³-hybridized carbons (Fsp3) is 0.143. The SMILES string of the molecule is O=C(Nc1cc(Cl)cc(Oc2cc[nH]c(=O)c2)c1)c1cc(N2CCCS2)ccc1Cl. The Morgan fingerprint density at radius 2 is 1.97 bits per heavy atom. The smallest absolute Gasteiger partial charge is 0.257 e. The number of ether oxygens (including phenoxy) is 1. The van der Waals surface area contributed by atoms with Gasteiger partial charge in [0, 0.05) is 47.0 Å². The number of aromatic nitrogens is 1. The molecule has 0 spiro atoms. The molecule has 0 saturated carbocycles. The van der Waals surface area contributed by atoms with Crippen LogP contribution in [0.25, 0.3) is 0 Å². The molecule has 30 heavy (non-hydrogen) atoms. The lowest BCUT2D eigenvalue weighted by Gasteiger charge is -2.17. The van der Waals surface area contributed by atoms with Crippen LogP contribution in [0.3, 0.4) is 0 Å². The molecule has 6 nitrogen and oxygen atoms in total. The van der Waals surface area contributed by atoms with Crippen LogP contribution in [0.15, 0.2) is 59.5 Å². The van der Waals surface area contributed by atoms with Gasteiger partial charge in [0.1, 0.15) is 11.5 Å². The number of anilines is 2. The van der Waals surface area contributed by atoms with Crippen molar-refractivity contribution in [1.29, 1.82) is 0 Å². The zero-order valence-electron chi connectivity index (χ0n) is 15.7. The van der Waals surface area contributed by atoms with Crippen LogP contribution < -0.4 is 19.9 Å². The van der Waals surface area contributed by atoms with Crippen molar-refractivity contribution in [2.75, 3.05) is 21.9 Å². The molecule has 0 unspecified atom stereocenters. The summed E-state index contributed by atoms with van der Waals surface area (Å²) in [5.74, 6) is 1.45. The van der Waals surface area contributed by atoms with Gasteiger partial charge in [-0.25, -0.2) is 0 Å². The van der Waals surface area contributed by atoms with Gasteiger partial charge >= 0.3 is 0 Å². The quantitative estimate of drug-likeness (QED) is 0.484. The molecule has 1 fully saturated rings. The predicted octanol–water partition coefficient (Wildman–Crippen LogP) is 5.58.